The number of aromatic nitrogens is 1. The molecule has 162 valence electrons. The summed E-state index contributed by atoms with van der Waals surface area (Å²) in [6.45, 7) is 0. The molecule has 1 heterocycles. The zero-order chi connectivity index (χ0) is 21.8. The summed E-state index contributed by atoms with van der Waals surface area (Å²) in [6.07, 6.45) is 3.86. The van der Waals surface area contributed by atoms with Gasteiger partial charge in [-0.1, -0.05) is 30.3 Å². The summed E-state index contributed by atoms with van der Waals surface area (Å²) in [7, 11) is 4.11. The summed E-state index contributed by atoms with van der Waals surface area (Å²) in [5.74, 6) is 0.908. The molecular formula is C24H28BrN5O. The van der Waals surface area contributed by atoms with Crippen LogP contribution in [0, 0.1) is 0 Å². The van der Waals surface area contributed by atoms with Crippen LogP contribution in [0.1, 0.15) is 25.7 Å². The van der Waals surface area contributed by atoms with Gasteiger partial charge in [-0.15, -0.1) is 0 Å². The first kappa shape index (κ1) is 21.4. The Morgan fingerprint density at radius 1 is 1.00 bits per heavy atom. The van der Waals surface area contributed by atoms with Crippen molar-refractivity contribution in [3.05, 3.63) is 59.1 Å². The molecule has 0 saturated heterocycles. The van der Waals surface area contributed by atoms with Gasteiger partial charge in [0.1, 0.15) is 5.82 Å². The Morgan fingerprint density at radius 2 is 1.68 bits per heavy atom. The molecule has 4 rings (SSSR count). The smallest absolute Gasteiger partial charge is 0.319 e. The molecule has 3 aromatic rings. The van der Waals surface area contributed by atoms with Gasteiger partial charge in [-0.05, 0) is 59.8 Å². The van der Waals surface area contributed by atoms with Gasteiger partial charge in [-0.25, -0.2) is 9.78 Å². The average Bonchev–Trinajstić information content (AvgIpc) is 2.76. The minimum Gasteiger partial charge on any atom is -0.377 e. The first-order valence-corrected chi connectivity index (χ1v) is 11.4. The van der Waals surface area contributed by atoms with Crippen LogP contribution in [0.15, 0.2) is 59.1 Å². The maximum Gasteiger partial charge on any atom is 0.319 e. The third-order valence-electron chi connectivity index (χ3n) is 5.71. The van der Waals surface area contributed by atoms with Crippen molar-refractivity contribution in [3.63, 3.8) is 0 Å². The maximum atomic E-state index is 12.4. The zero-order valence-corrected chi connectivity index (χ0v) is 19.4. The molecule has 0 atom stereocenters. The van der Waals surface area contributed by atoms with E-state index in [2.05, 4.69) is 69.1 Å². The van der Waals surface area contributed by atoms with E-state index in [1.165, 1.54) is 0 Å². The van der Waals surface area contributed by atoms with Gasteiger partial charge in [-0.3, -0.25) is 0 Å². The molecule has 6 nitrogen and oxygen atoms in total. The number of benzene rings is 2. The van der Waals surface area contributed by atoms with Crippen molar-refractivity contribution in [1.82, 2.24) is 10.3 Å². The molecule has 1 aliphatic rings. The third kappa shape index (κ3) is 5.28. The van der Waals surface area contributed by atoms with Gasteiger partial charge < -0.3 is 20.9 Å². The summed E-state index contributed by atoms with van der Waals surface area (Å²) in [5, 5.41) is 10.8. The summed E-state index contributed by atoms with van der Waals surface area (Å²) in [6, 6.07) is 18.4. The van der Waals surface area contributed by atoms with E-state index in [0.29, 0.717) is 6.04 Å². The van der Waals surface area contributed by atoms with Crippen molar-refractivity contribution >= 4 is 50.1 Å². The predicted molar refractivity (Wildman–Crippen MR) is 132 cm³/mol. The Balaban J connectivity index is 1.33. The van der Waals surface area contributed by atoms with E-state index in [1.807, 2.05) is 36.4 Å². The zero-order valence-electron chi connectivity index (χ0n) is 17.9. The lowest BCUT2D eigenvalue weighted by Crippen LogP contribution is -2.42. The van der Waals surface area contributed by atoms with Crippen LogP contribution < -0.4 is 20.9 Å². The number of carbonyl (C=O) groups is 1. The van der Waals surface area contributed by atoms with Crippen LogP contribution in [0.4, 0.5) is 22.0 Å². The lowest BCUT2D eigenvalue weighted by molar-refractivity contribution is 0.243. The van der Waals surface area contributed by atoms with E-state index in [0.717, 1.165) is 58.3 Å². The third-order valence-corrected chi connectivity index (χ3v) is 6.40. The number of nitrogens with zero attached hydrogens (tertiary/aromatic N) is 2. The topological polar surface area (TPSA) is 69.3 Å². The van der Waals surface area contributed by atoms with E-state index in [4.69, 9.17) is 4.98 Å². The van der Waals surface area contributed by atoms with Gasteiger partial charge in [0.05, 0.1) is 11.2 Å². The number of nitrogens with one attached hydrogen (secondary N) is 3. The average molecular weight is 482 g/mol. The molecule has 1 fully saturated rings. The molecule has 0 aliphatic heterocycles. The Kier molecular flexibility index (Phi) is 6.61. The number of rotatable bonds is 5. The first-order valence-electron chi connectivity index (χ1n) is 10.7. The molecule has 0 bridgehead atoms. The molecule has 1 saturated carbocycles. The number of anilines is 3. The molecule has 7 heteroatoms. The molecule has 31 heavy (non-hydrogen) atoms. The molecule has 0 radical (unpaired) electrons. The van der Waals surface area contributed by atoms with Crippen LogP contribution in [0.5, 0.6) is 0 Å². The number of halogens is 1. The lowest BCUT2D eigenvalue weighted by Gasteiger charge is -2.30. The Labute approximate surface area is 191 Å². The normalized spacial score (nSPS) is 18.4. The summed E-state index contributed by atoms with van der Waals surface area (Å²) < 4.78 is 0.873. The van der Waals surface area contributed by atoms with Crippen molar-refractivity contribution in [1.29, 1.82) is 0 Å². The molecule has 2 amide bonds. The fraction of sp³-hybridized carbons (Fsp3) is 0.333. The Morgan fingerprint density at radius 3 is 2.42 bits per heavy atom. The van der Waals surface area contributed by atoms with E-state index in [-0.39, 0.29) is 12.1 Å². The number of hydrogen-bond acceptors (Lipinski definition) is 4. The Hall–Kier alpha value is -2.80. The predicted octanol–water partition coefficient (Wildman–Crippen LogP) is 5.61. The van der Waals surface area contributed by atoms with Gasteiger partial charge in [0.25, 0.3) is 0 Å². The highest BCUT2D eigenvalue weighted by Crippen LogP contribution is 2.29. The van der Waals surface area contributed by atoms with Gasteiger partial charge in [-0.2, -0.15) is 0 Å². The summed E-state index contributed by atoms with van der Waals surface area (Å²) in [4.78, 5) is 19.3. The number of amides is 2. The van der Waals surface area contributed by atoms with Crippen molar-refractivity contribution in [2.24, 2.45) is 0 Å². The fourth-order valence-electron chi connectivity index (χ4n) is 4.10. The summed E-state index contributed by atoms with van der Waals surface area (Å²) in [5.41, 5.74) is 2.93. The van der Waals surface area contributed by atoms with Crippen molar-refractivity contribution in [2.45, 2.75) is 37.8 Å². The SMILES string of the molecule is CN(C)c1cc(NC2CCC(NC(=O)Nc3ccccc3Br)CC2)nc2ccccc12. The number of pyridine rings is 1. The minimum absolute atomic E-state index is 0.157. The maximum absolute atomic E-state index is 12.4. The molecule has 0 spiro atoms. The largest absolute Gasteiger partial charge is 0.377 e. The second kappa shape index (κ2) is 9.56. The molecule has 2 aromatic carbocycles. The second-order valence-electron chi connectivity index (χ2n) is 8.21. The molecule has 1 aromatic heterocycles. The van der Waals surface area contributed by atoms with Gasteiger partial charge in [0.15, 0.2) is 0 Å². The molecule has 0 unspecified atom stereocenters. The standard InChI is InChI=1S/C24H28BrN5O/c1-30(2)22-15-23(28-20-9-5-3-7-18(20)22)26-16-11-13-17(14-12-16)27-24(31)29-21-10-6-4-8-19(21)25/h3-10,15-17H,11-14H2,1-2H3,(H,26,28)(H2,27,29,31). The van der Waals surface area contributed by atoms with E-state index >= 15 is 0 Å². The first-order chi connectivity index (χ1) is 15.0. The lowest BCUT2D eigenvalue weighted by atomic mass is 9.91. The van der Waals surface area contributed by atoms with Gasteiger partial charge >= 0.3 is 6.03 Å². The van der Waals surface area contributed by atoms with Gasteiger partial charge in [0, 0.05) is 47.8 Å². The van der Waals surface area contributed by atoms with E-state index < -0.39 is 0 Å². The second-order valence-corrected chi connectivity index (χ2v) is 9.06. The van der Waals surface area contributed by atoms with Crippen LogP contribution in [0.25, 0.3) is 10.9 Å². The molecule has 3 N–H and O–H groups in total. The highest BCUT2D eigenvalue weighted by Gasteiger charge is 2.23. The van der Waals surface area contributed by atoms with Crippen molar-refractivity contribution in [2.75, 3.05) is 29.6 Å². The number of urea groups is 1. The highest BCUT2D eigenvalue weighted by molar-refractivity contribution is 9.10. The van der Waals surface area contributed by atoms with Crippen LogP contribution in [0.3, 0.4) is 0 Å². The minimum atomic E-state index is -0.157. The number of hydrogen-bond donors (Lipinski definition) is 3. The van der Waals surface area contributed by atoms with E-state index in [1.54, 1.807) is 0 Å². The number of carbonyl (C=O) groups excluding carboxylic acids is 1. The van der Waals surface area contributed by atoms with Gasteiger partial charge in [0.2, 0.25) is 0 Å². The quantitative estimate of drug-likeness (QED) is 0.442. The molecule has 1 aliphatic carbocycles. The van der Waals surface area contributed by atoms with Crippen LogP contribution in [0.2, 0.25) is 0 Å². The van der Waals surface area contributed by atoms with Crippen LogP contribution in [-0.4, -0.2) is 37.2 Å². The fourth-order valence-corrected chi connectivity index (χ4v) is 4.48. The van der Waals surface area contributed by atoms with Crippen molar-refractivity contribution in [3.8, 4) is 0 Å². The van der Waals surface area contributed by atoms with E-state index in [9.17, 15) is 4.79 Å². The Bertz CT molecular complexity index is 1060. The monoisotopic (exact) mass is 481 g/mol. The highest BCUT2D eigenvalue weighted by atomic mass is 79.9. The number of para-hydroxylation sites is 2. The summed E-state index contributed by atoms with van der Waals surface area (Å²) >= 11 is 3.46. The van der Waals surface area contributed by atoms with Crippen molar-refractivity contribution < 1.29 is 4.79 Å². The molecular weight excluding hydrogens is 454 g/mol. The number of fused-ring (bicyclic) bond motifs is 1. The van der Waals surface area contributed by atoms with Crippen LogP contribution >= 0.6 is 15.9 Å². The van der Waals surface area contributed by atoms with Crippen LogP contribution in [-0.2, 0) is 0 Å².